The zero-order chi connectivity index (χ0) is 9.80. The van der Waals surface area contributed by atoms with Crippen LogP contribution >= 0.6 is 0 Å². The van der Waals surface area contributed by atoms with Crippen LogP contribution < -0.4 is 0 Å². The van der Waals surface area contributed by atoms with Gasteiger partial charge in [-0.2, -0.15) is 0 Å². The van der Waals surface area contributed by atoms with Gasteiger partial charge in [-0.3, -0.25) is 0 Å². The van der Waals surface area contributed by atoms with Gasteiger partial charge < -0.3 is 9.52 Å². The Labute approximate surface area is 84.9 Å². The zero-order valence-corrected chi connectivity index (χ0v) is 8.48. The molecule has 0 spiro atoms. The lowest BCUT2D eigenvalue weighted by Crippen LogP contribution is -2.11. The number of aliphatic hydroxyl groups is 1. The third-order valence-electron chi connectivity index (χ3n) is 3.18. The third-order valence-corrected chi connectivity index (χ3v) is 3.18. The van der Waals surface area contributed by atoms with Gasteiger partial charge in [-0.1, -0.05) is 25.7 Å². The molecule has 1 heterocycles. The minimum atomic E-state index is -0.386. The molecule has 0 bridgehead atoms. The quantitative estimate of drug-likeness (QED) is 0.733. The minimum Gasteiger partial charge on any atom is -0.467 e. The van der Waals surface area contributed by atoms with E-state index < -0.39 is 0 Å². The molecular weight excluding hydrogens is 176 g/mol. The standard InChI is InChI=1S/C12H18O2/c13-12(11-8-5-9-14-11)10-6-3-1-2-4-7-10/h5,8-10,12-13H,1-4,6-7H2. The van der Waals surface area contributed by atoms with Crippen LogP contribution in [0.4, 0.5) is 0 Å². The molecule has 1 fully saturated rings. The topological polar surface area (TPSA) is 33.4 Å². The maximum absolute atomic E-state index is 10.1. The predicted molar refractivity (Wildman–Crippen MR) is 54.9 cm³/mol. The molecule has 0 radical (unpaired) electrons. The first-order valence-corrected chi connectivity index (χ1v) is 5.59. The van der Waals surface area contributed by atoms with Crippen molar-refractivity contribution in [2.45, 2.75) is 44.6 Å². The van der Waals surface area contributed by atoms with Gasteiger partial charge >= 0.3 is 0 Å². The van der Waals surface area contributed by atoms with Crippen LogP contribution in [-0.2, 0) is 0 Å². The van der Waals surface area contributed by atoms with Crippen LogP contribution in [0.2, 0.25) is 0 Å². The molecule has 0 aliphatic heterocycles. The number of rotatable bonds is 2. The Morgan fingerprint density at radius 2 is 1.93 bits per heavy atom. The molecule has 1 N–H and O–H groups in total. The summed E-state index contributed by atoms with van der Waals surface area (Å²) >= 11 is 0. The van der Waals surface area contributed by atoms with Crippen LogP contribution in [0, 0.1) is 5.92 Å². The van der Waals surface area contributed by atoms with Gasteiger partial charge in [0.15, 0.2) is 0 Å². The fraction of sp³-hybridized carbons (Fsp3) is 0.667. The third kappa shape index (κ3) is 2.18. The van der Waals surface area contributed by atoms with Crippen LogP contribution in [0.3, 0.4) is 0 Å². The molecule has 78 valence electrons. The highest BCUT2D eigenvalue weighted by Gasteiger charge is 2.23. The molecule has 1 atom stereocenters. The van der Waals surface area contributed by atoms with Crippen molar-refractivity contribution < 1.29 is 9.52 Å². The molecule has 2 nitrogen and oxygen atoms in total. The normalized spacial score (nSPS) is 21.8. The fourth-order valence-electron chi connectivity index (χ4n) is 2.32. The van der Waals surface area contributed by atoms with Crippen LogP contribution in [0.1, 0.15) is 50.4 Å². The van der Waals surface area contributed by atoms with E-state index in [1.54, 1.807) is 6.26 Å². The number of aliphatic hydroxyl groups excluding tert-OH is 1. The fourth-order valence-corrected chi connectivity index (χ4v) is 2.32. The first-order chi connectivity index (χ1) is 6.88. The lowest BCUT2D eigenvalue weighted by molar-refractivity contribution is 0.0775. The SMILES string of the molecule is OC(c1ccco1)C1CCCCCC1. The summed E-state index contributed by atoms with van der Waals surface area (Å²) in [4.78, 5) is 0. The first-order valence-electron chi connectivity index (χ1n) is 5.59. The van der Waals surface area contributed by atoms with Gasteiger partial charge in [0, 0.05) is 0 Å². The van der Waals surface area contributed by atoms with Gasteiger partial charge in [0.05, 0.1) is 6.26 Å². The smallest absolute Gasteiger partial charge is 0.132 e. The lowest BCUT2D eigenvalue weighted by atomic mass is 9.93. The number of hydrogen-bond acceptors (Lipinski definition) is 2. The molecule has 0 saturated heterocycles. The molecule has 1 aromatic heterocycles. The van der Waals surface area contributed by atoms with Gasteiger partial charge in [-0.05, 0) is 30.9 Å². The van der Waals surface area contributed by atoms with Crippen LogP contribution in [-0.4, -0.2) is 5.11 Å². The lowest BCUT2D eigenvalue weighted by Gasteiger charge is -2.18. The van der Waals surface area contributed by atoms with Gasteiger partial charge in [0.1, 0.15) is 11.9 Å². The summed E-state index contributed by atoms with van der Waals surface area (Å²) in [7, 11) is 0. The summed E-state index contributed by atoms with van der Waals surface area (Å²) in [6.07, 6.45) is 8.68. The average molecular weight is 194 g/mol. The number of hydrogen-bond donors (Lipinski definition) is 1. The largest absolute Gasteiger partial charge is 0.467 e. The number of furan rings is 1. The molecule has 2 heteroatoms. The Balaban J connectivity index is 1.99. The van der Waals surface area contributed by atoms with E-state index in [0.717, 1.165) is 18.6 Å². The molecule has 1 unspecified atom stereocenters. The maximum Gasteiger partial charge on any atom is 0.132 e. The molecule has 1 saturated carbocycles. The summed E-state index contributed by atoms with van der Waals surface area (Å²) in [6, 6.07) is 3.71. The van der Waals surface area contributed by atoms with Crippen molar-refractivity contribution in [3.63, 3.8) is 0 Å². The summed E-state index contributed by atoms with van der Waals surface area (Å²) in [5.74, 6) is 1.14. The second kappa shape index (κ2) is 4.65. The van der Waals surface area contributed by atoms with Crippen LogP contribution in [0.5, 0.6) is 0 Å². The van der Waals surface area contributed by atoms with Crippen molar-refractivity contribution in [2.24, 2.45) is 5.92 Å². The predicted octanol–water partition coefficient (Wildman–Crippen LogP) is 3.28. The second-order valence-corrected chi connectivity index (χ2v) is 4.21. The van der Waals surface area contributed by atoms with Gasteiger partial charge in [0.25, 0.3) is 0 Å². The Hall–Kier alpha value is -0.760. The van der Waals surface area contributed by atoms with Crippen molar-refractivity contribution in [1.82, 2.24) is 0 Å². The molecule has 14 heavy (non-hydrogen) atoms. The highest BCUT2D eigenvalue weighted by Crippen LogP contribution is 2.33. The van der Waals surface area contributed by atoms with E-state index in [2.05, 4.69) is 0 Å². The van der Waals surface area contributed by atoms with Crippen molar-refractivity contribution in [1.29, 1.82) is 0 Å². The van der Waals surface area contributed by atoms with Gasteiger partial charge in [0.2, 0.25) is 0 Å². The molecule has 1 aliphatic rings. The Kier molecular flexibility index (Phi) is 3.25. The monoisotopic (exact) mass is 194 g/mol. The molecule has 1 aromatic rings. The van der Waals surface area contributed by atoms with Crippen LogP contribution in [0.15, 0.2) is 22.8 Å². The van der Waals surface area contributed by atoms with E-state index in [4.69, 9.17) is 4.42 Å². The van der Waals surface area contributed by atoms with Gasteiger partial charge in [-0.25, -0.2) is 0 Å². The molecule has 1 aliphatic carbocycles. The van der Waals surface area contributed by atoms with Crippen LogP contribution in [0.25, 0.3) is 0 Å². The Morgan fingerprint density at radius 3 is 2.50 bits per heavy atom. The maximum atomic E-state index is 10.1. The van der Waals surface area contributed by atoms with E-state index in [1.807, 2.05) is 12.1 Å². The van der Waals surface area contributed by atoms with Crippen molar-refractivity contribution in [3.8, 4) is 0 Å². The van der Waals surface area contributed by atoms with E-state index in [1.165, 1.54) is 25.7 Å². The molecule has 2 rings (SSSR count). The van der Waals surface area contributed by atoms with Crippen molar-refractivity contribution in [3.05, 3.63) is 24.2 Å². The Morgan fingerprint density at radius 1 is 1.21 bits per heavy atom. The zero-order valence-electron chi connectivity index (χ0n) is 8.48. The molecule has 0 amide bonds. The van der Waals surface area contributed by atoms with Crippen molar-refractivity contribution in [2.75, 3.05) is 0 Å². The summed E-state index contributed by atoms with van der Waals surface area (Å²) in [5, 5.41) is 10.1. The molecule has 0 aromatic carbocycles. The van der Waals surface area contributed by atoms with E-state index in [0.29, 0.717) is 5.92 Å². The highest BCUT2D eigenvalue weighted by molar-refractivity contribution is 5.03. The second-order valence-electron chi connectivity index (χ2n) is 4.21. The van der Waals surface area contributed by atoms with E-state index >= 15 is 0 Å². The van der Waals surface area contributed by atoms with Gasteiger partial charge in [-0.15, -0.1) is 0 Å². The average Bonchev–Trinajstić information content (AvgIpc) is 2.59. The van der Waals surface area contributed by atoms with E-state index in [-0.39, 0.29) is 6.10 Å². The summed E-state index contributed by atoms with van der Waals surface area (Å²) in [6.45, 7) is 0. The van der Waals surface area contributed by atoms with Crippen molar-refractivity contribution >= 4 is 0 Å². The molecular formula is C12H18O2. The first kappa shape index (κ1) is 9.78. The minimum absolute atomic E-state index is 0.386. The summed E-state index contributed by atoms with van der Waals surface area (Å²) < 4.78 is 5.24. The van der Waals surface area contributed by atoms with E-state index in [9.17, 15) is 5.11 Å². The summed E-state index contributed by atoms with van der Waals surface area (Å²) in [5.41, 5.74) is 0. The Bertz CT molecular complexity index is 245. The highest BCUT2D eigenvalue weighted by atomic mass is 16.4.